The normalized spacial score (nSPS) is 16.6. The number of hydrogen-bond donors (Lipinski definition) is 0. The molecular formula is C8H14F6N+. The van der Waals surface area contributed by atoms with Crippen LogP contribution in [0.3, 0.4) is 0 Å². The predicted octanol–water partition coefficient (Wildman–Crippen LogP) is 2.62. The van der Waals surface area contributed by atoms with Crippen LogP contribution in [0.15, 0.2) is 0 Å². The maximum atomic E-state index is 12.7. The van der Waals surface area contributed by atoms with Crippen LogP contribution >= 0.6 is 0 Å². The minimum absolute atomic E-state index is 0.0557. The van der Waals surface area contributed by atoms with Crippen LogP contribution in [0.4, 0.5) is 26.3 Å². The highest BCUT2D eigenvalue weighted by molar-refractivity contribution is 4.82. The van der Waals surface area contributed by atoms with E-state index >= 15 is 0 Å². The Morgan fingerprint density at radius 3 is 1.67 bits per heavy atom. The SMILES string of the molecule is C[N+](C)(C)CCC(F)(F)C(F)C(F)(F)F. The summed E-state index contributed by atoms with van der Waals surface area (Å²) in [6.45, 7) is -0.233. The molecule has 7 heteroatoms. The topological polar surface area (TPSA) is 0 Å². The maximum Gasteiger partial charge on any atom is 0.425 e. The standard InChI is InChI=1S/C8H14F6N/c1-15(2,3)5-4-7(10,11)6(9)8(12,13)14/h6H,4-5H2,1-3H3/q+1. The van der Waals surface area contributed by atoms with Crippen molar-refractivity contribution >= 4 is 0 Å². The molecule has 1 unspecified atom stereocenters. The van der Waals surface area contributed by atoms with Crippen molar-refractivity contribution in [1.29, 1.82) is 0 Å². The molecule has 15 heavy (non-hydrogen) atoms. The molecule has 0 saturated heterocycles. The lowest BCUT2D eigenvalue weighted by atomic mass is 10.1. The number of quaternary nitrogens is 1. The van der Waals surface area contributed by atoms with E-state index in [1.165, 1.54) is 21.1 Å². The van der Waals surface area contributed by atoms with E-state index in [0.717, 1.165) is 0 Å². The minimum atomic E-state index is -5.51. The van der Waals surface area contributed by atoms with E-state index in [0.29, 0.717) is 0 Å². The summed E-state index contributed by atoms with van der Waals surface area (Å²) < 4.78 is 73.0. The van der Waals surface area contributed by atoms with Crippen LogP contribution in [-0.2, 0) is 0 Å². The van der Waals surface area contributed by atoms with Crippen LogP contribution in [0.2, 0.25) is 0 Å². The Balaban J connectivity index is 4.43. The Bertz CT molecular complexity index is 204. The van der Waals surface area contributed by atoms with E-state index in [1.54, 1.807) is 0 Å². The van der Waals surface area contributed by atoms with Crippen LogP contribution in [-0.4, -0.2) is 50.4 Å². The van der Waals surface area contributed by atoms with Crippen molar-refractivity contribution in [2.75, 3.05) is 27.7 Å². The highest BCUT2D eigenvalue weighted by Crippen LogP contribution is 2.37. The zero-order valence-corrected chi connectivity index (χ0v) is 8.71. The molecule has 0 radical (unpaired) electrons. The van der Waals surface area contributed by atoms with Crippen molar-refractivity contribution in [3.05, 3.63) is 0 Å². The molecule has 0 heterocycles. The van der Waals surface area contributed by atoms with Crippen molar-refractivity contribution in [2.45, 2.75) is 24.7 Å². The van der Waals surface area contributed by atoms with Crippen molar-refractivity contribution in [3.63, 3.8) is 0 Å². The number of nitrogens with zero attached hydrogens (tertiary/aromatic N) is 1. The molecule has 1 nitrogen and oxygen atoms in total. The van der Waals surface area contributed by atoms with Crippen molar-refractivity contribution in [3.8, 4) is 0 Å². The fourth-order valence-electron chi connectivity index (χ4n) is 0.851. The fourth-order valence-corrected chi connectivity index (χ4v) is 0.851. The third-order valence-corrected chi connectivity index (χ3v) is 1.77. The molecule has 0 aliphatic carbocycles. The largest absolute Gasteiger partial charge is 0.425 e. The summed E-state index contributed by atoms with van der Waals surface area (Å²) in [4.78, 5) is 0. The van der Waals surface area contributed by atoms with Crippen molar-refractivity contribution in [2.24, 2.45) is 0 Å². The molecular weight excluding hydrogens is 224 g/mol. The molecule has 92 valence electrons. The molecule has 0 aromatic rings. The van der Waals surface area contributed by atoms with Crippen LogP contribution in [0.5, 0.6) is 0 Å². The summed E-state index contributed by atoms with van der Waals surface area (Å²) in [5.74, 6) is -4.36. The van der Waals surface area contributed by atoms with Gasteiger partial charge in [-0.2, -0.15) is 13.2 Å². The summed E-state index contributed by atoms with van der Waals surface area (Å²) in [7, 11) is 4.62. The van der Waals surface area contributed by atoms with Crippen LogP contribution in [0, 0.1) is 0 Å². The third kappa shape index (κ3) is 5.25. The van der Waals surface area contributed by atoms with Gasteiger partial charge in [-0.15, -0.1) is 0 Å². The molecule has 0 bridgehead atoms. The Hall–Kier alpha value is -0.460. The van der Waals surface area contributed by atoms with Gasteiger partial charge in [-0.3, -0.25) is 0 Å². The highest BCUT2D eigenvalue weighted by Gasteiger charge is 2.56. The summed E-state index contributed by atoms with van der Waals surface area (Å²) >= 11 is 0. The molecule has 1 atom stereocenters. The van der Waals surface area contributed by atoms with Crippen LogP contribution in [0.1, 0.15) is 6.42 Å². The predicted molar refractivity (Wildman–Crippen MR) is 43.4 cm³/mol. The molecule has 0 aromatic carbocycles. The average Bonchev–Trinajstić information content (AvgIpc) is 1.97. The molecule has 0 spiro atoms. The second-order valence-electron chi connectivity index (χ2n) is 4.43. The summed E-state index contributed by atoms with van der Waals surface area (Å²) in [5, 5.41) is 0. The van der Waals surface area contributed by atoms with Crippen LogP contribution < -0.4 is 0 Å². The molecule has 0 fully saturated rings. The van der Waals surface area contributed by atoms with E-state index in [-0.39, 0.29) is 11.0 Å². The van der Waals surface area contributed by atoms with Gasteiger partial charge in [-0.05, 0) is 0 Å². The molecule has 0 aromatic heterocycles. The third-order valence-electron chi connectivity index (χ3n) is 1.77. The van der Waals surface area contributed by atoms with Gasteiger partial charge in [0, 0.05) is 0 Å². The van der Waals surface area contributed by atoms with Gasteiger partial charge in [0.25, 0.3) is 12.1 Å². The fraction of sp³-hybridized carbons (Fsp3) is 1.00. The Morgan fingerprint density at radius 2 is 1.40 bits per heavy atom. The minimum Gasteiger partial charge on any atom is -0.331 e. The summed E-state index contributed by atoms with van der Waals surface area (Å²) in [6.07, 6.45) is -10.7. The molecule has 0 rings (SSSR count). The van der Waals surface area contributed by atoms with Gasteiger partial charge < -0.3 is 4.48 Å². The number of halogens is 6. The van der Waals surface area contributed by atoms with Gasteiger partial charge in [-0.1, -0.05) is 0 Å². The number of hydrogen-bond acceptors (Lipinski definition) is 0. The molecule has 0 aliphatic heterocycles. The monoisotopic (exact) mass is 238 g/mol. The Kier molecular flexibility index (Phi) is 4.06. The van der Waals surface area contributed by atoms with Crippen LogP contribution in [0.25, 0.3) is 0 Å². The van der Waals surface area contributed by atoms with Gasteiger partial charge in [-0.25, -0.2) is 13.2 Å². The lowest BCUT2D eigenvalue weighted by molar-refractivity contribution is -0.871. The van der Waals surface area contributed by atoms with Gasteiger partial charge in [0.15, 0.2) is 0 Å². The van der Waals surface area contributed by atoms with Gasteiger partial charge in [0.05, 0.1) is 34.1 Å². The lowest BCUT2D eigenvalue weighted by Crippen LogP contribution is -2.46. The molecule has 0 N–H and O–H groups in total. The quantitative estimate of drug-likeness (QED) is 0.521. The first-order valence-electron chi connectivity index (χ1n) is 4.25. The first-order chi connectivity index (χ1) is 6.36. The van der Waals surface area contributed by atoms with Gasteiger partial charge in [0.2, 0.25) is 0 Å². The first kappa shape index (κ1) is 14.5. The Labute approximate surface area is 84.3 Å². The van der Waals surface area contributed by atoms with E-state index in [9.17, 15) is 26.3 Å². The number of alkyl halides is 6. The Morgan fingerprint density at radius 1 is 1.00 bits per heavy atom. The molecule has 0 saturated carbocycles. The average molecular weight is 238 g/mol. The molecule has 0 amide bonds. The van der Waals surface area contributed by atoms with E-state index in [1.807, 2.05) is 0 Å². The van der Waals surface area contributed by atoms with Gasteiger partial charge >= 0.3 is 6.18 Å². The zero-order valence-electron chi connectivity index (χ0n) is 8.71. The van der Waals surface area contributed by atoms with E-state index < -0.39 is 24.7 Å². The highest BCUT2D eigenvalue weighted by atomic mass is 19.4. The summed E-state index contributed by atoms with van der Waals surface area (Å²) in [6, 6.07) is 0. The van der Waals surface area contributed by atoms with E-state index in [4.69, 9.17) is 0 Å². The second kappa shape index (κ2) is 4.19. The lowest BCUT2D eigenvalue weighted by Gasteiger charge is -2.28. The summed E-state index contributed by atoms with van der Waals surface area (Å²) in [5.41, 5.74) is 0. The van der Waals surface area contributed by atoms with Crippen molar-refractivity contribution in [1.82, 2.24) is 0 Å². The smallest absolute Gasteiger partial charge is 0.331 e. The zero-order chi connectivity index (χ0) is 12.5. The van der Waals surface area contributed by atoms with E-state index in [2.05, 4.69) is 0 Å². The number of rotatable bonds is 4. The van der Waals surface area contributed by atoms with Crippen molar-refractivity contribution < 1.29 is 30.8 Å². The first-order valence-corrected chi connectivity index (χ1v) is 4.25. The maximum absolute atomic E-state index is 12.7. The van der Waals surface area contributed by atoms with Gasteiger partial charge in [0.1, 0.15) is 0 Å². The second-order valence-corrected chi connectivity index (χ2v) is 4.43. The molecule has 0 aliphatic rings.